The van der Waals surface area contributed by atoms with E-state index in [9.17, 15) is 14.0 Å². The van der Waals surface area contributed by atoms with Gasteiger partial charge in [-0.3, -0.25) is 10.2 Å². The summed E-state index contributed by atoms with van der Waals surface area (Å²) in [4.78, 5) is 34.3. The van der Waals surface area contributed by atoms with Crippen LogP contribution in [0.1, 0.15) is 12.8 Å². The highest BCUT2D eigenvalue weighted by Gasteiger charge is 2.30. The van der Waals surface area contributed by atoms with Crippen molar-refractivity contribution in [2.75, 3.05) is 41.7 Å². The molecule has 0 saturated carbocycles. The minimum Gasteiger partial charge on any atom is -0.454 e. The number of thiocarbonyl (C=S) groups is 1. The second-order valence-electron chi connectivity index (χ2n) is 8.60. The van der Waals surface area contributed by atoms with Gasteiger partial charge < -0.3 is 19.9 Å². The van der Waals surface area contributed by atoms with Crippen LogP contribution in [-0.4, -0.2) is 58.1 Å². The van der Waals surface area contributed by atoms with Crippen molar-refractivity contribution in [1.82, 2.24) is 14.8 Å². The number of aromatic nitrogens is 1. The first-order valence-electron chi connectivity index (χ1n) is 11.9. The summed E-state index contributed by atoms with van der Waals surface area (Å²) in [6.07, 6.45) is 3.44. The van der Waals surface area contributed by atoms with Gasteiger partial charge in [-0.1, -0.05) is 18.2 Å². The third-order valence-electron chi connectivity index (χ3n) is 6.09. The maximum Gasteiger partial charge on any atom is 0.328 e. The third kappa shape index (κ3) is 5.61. The maximum absolute atomic E-state index is 14.8. The SMILES string of the molecule is O=C(Nc1cc(Oc2ccc(NC(=O)N3CCN(c4ccccc4)C3=S)cc2F)ccn1)N1CCCC1. The smallest absolute Gasteiger partial charge is 0.328 e. The van der Waals surface area contributed by atoms with Crippen molar-refractivity contribution in [3.05, 3.63) is 72.7 Å². The van der Waals surface area contributed by atoms with E-state index in [4.69, 9.17) is 17.0 Å². The molecule has 2 aliphatic rings. The number of nitrogens with one attached hydrogen (secondary N) is 2. The highest BCUT2D eigenvalue weighted by molar-refractivity contribution is 7.80. The van der Waals surface area contributed by atoms with Crippen LogP contribution in [0.4, 0.5) is 31.2 Å². The van der Waals surface area contributed by atoms with E-state index in [0.29, 0.717) is 42.9 Å². The zero-order chi connectivity index (χ0) is 25.8. The Morgan fingerprint density at radius 1 is 0.919 bits per heavy atom. The highest BCUT2D eigenvalue weighted by atomic mass is 32.1. The van der Waals surface area contributed by atoms with Gasteiger partial charge in [-0.05, 0) is 55.4 Å². The molecule has 0 atom stereocenters. The minimum atomic E-state index is -0.660. The Bertz CT molecular complexity index is 1320. The molecule has 2 aliphatic heterocycles. The van der Waals surface area contributed by atoms with Gasteiger partial charge in [0.2, 0.25) is 0 Å². The summed E-state index contributed by atoms with van der Waals surface area (Å²) in [5.41, 5.74) is 1.18. The Hall–Kier alpha value is -4.25. The number of anilines is 3. The second kappa shape index (κ2) is 10.8. The van der Waals surface area contributed by atoms with Crippen molar-refractivity contribution >= 4 is 46.6 Å². The fourth-order valence-corrected chi connectivity index (χ4v) is 4.57. The average Bonchev–Trinajstić information content (AvgIpc) is 3.57. The van der Waals surface area contributed by atoms with E-state index >= 15 is 0 Å². The number of carbonyl (C=O) groups excluding carboxylic acids is 2. The number of amides is 4. The van der Waals surface area contributed by atoms with Crippen LogP contribution in [0.2, 0.25) is 0 Å². The van der Waals surface area contributed by atoms with E-state index < -0.39 is 11.8 Å². The molecule has 1 aromatic heterocycles. The number of ether oxygens (including phenoxy) is 1. The Labute approximate surface area is 218 Å². The number of pyridine rings is 1. The lowest BCUT2D eigenvalue weighted by molar-refractivity contribution is 0.222. The Morgan fingerprint density at radius 3 is 2.46 bits per heavy atom. The zero-order valence-corrected chi connectivity index (χ0v) is 20.7. The Balaban J connectivity index is 1.20. The summed E-state index contributed by atoms with van der Waals surface area (Å²) in [5.74, 6) is -0.0733. The Kier molecular flexibility index (Phi) is 7.13. The quantitative estimate of drug-likeness (QED) is 0.445. The van der Waals surface area contributed by atoms with Gasteiger partial charge in [0.25, 0.3) is 0 Å². The maximum atomic E-state index is 14.8. The van der Waals surface area contributed by atoms with E-state index in [2.05, 4.69) is 15.6 Å². The first kappa shape index (κ1) is 24.4. The fraction of sp³-hybridized carbons (Fsp3) is 0.231. The molecule has 37 heavy (non-hydrogen) atoms. The molecule has 4 amide bonds. The number of urea groups is 2. The molecule has 2 saturated heterocycles. The van der Waals surface area contributed by atoms with Crippen LogP contribution < -0.4 is 20.3 Å². The van der Waals surface area contributed by atoms with E-state index in [-0.39, 0.29) is 17.5 Å². The lowest BCUT2D eigenvalue weighted by Crippen LogP contribution is -2.38. The van der Waals surface area contributed by atoms with Crippen molar-refractivity contribution in [3.63, 3.8) is 0 Å². The molecule has 2 fully saturated rings. The van der Waals surface area contributed by atoms with Crippen LogP contribution in [-0.2, 0) is 0 Å². The summed E-state index contributed by atoms with van der Waals surface area (Å²) in [5, 5.41) is 5.81. The monoisotopic (exact) mass is 520 g/mol. The highest BCUT2D eigenvalue weighted by Crippen LogP contribution is 2.28. The van der Waals surface area contributed by atoms with Crippen molar-refractivity contribution in [3.8, 4) is 11.5 Å². The molecule has 0 aliphatic carbocycles. The number of carbonyl (C=O) groups is 2. The number of rotatable bonds is 5. The molecule has 0 spiro atoms. The lowest BCUT2D eigenvalue weighted by Gasteiger charge is -2.21. The van der Waals surface area contributed by atoms with Crippen molar-refractivity contribution in [2.24, 2.45) is 0 Å². The van der Waals surface area contributed by atoms with Gasteiger partial charge in [-0.15, -0.1) is 0 Å². The molecule has 9 nitrogen and oxygen atoms in total. The fourth-order valence-electron chi connectivity index (χ4n) is 4.20. The molecular weight excluding hydrogens is 495 g/mol. The lowest BCUT2D eigenvalue weighted by atomic mass is 10.3. The van der Waals surface area contributed by atoms with Crippen LogP contribution >= 0.6 is 12.2 Å². The van der Waals surface area contributed by atoms with E-state index in [0.717, 1.165) is 18.5 Å². The van der Waals surface area contributed by atoms with Gasteiger partial charge in [-0.25, -0.2) is 19.0 Å². The number of hydrogen-bond donors (Lipinski definition) is 2. The first-order chi connectivity index (χ1) is 18.0. The van der Waals surface area contributed by atoms with E-state index in [1.807, 2.05) is 35.2 Å². The Morgan fingerprint density at radius 2 is 1.70 bits per heavy atom. The summed E-state index contributed by atoms with van der Waals surface area (Å²) in [7, 11) is 0. The minimum absolute atomic E-state index is 0.0343. The van der Waals surface area contributed by atoms with Gasteiger partial charge in [-0.2, -0.15) is 0 Å². The largest absolute Gasteiger partial charge is 0.454 e. The summed E-state index contributed by atoms with van der Waals surface area (Å²) >= 11 is 5.49. The van der Waals surface area contributed by atoms with Gasteiger partial charge in [0.05, 0.1) is 0 Å². The molecule has 11 heteroatoms. The number of nitrogens with zero attached hydrogens (tertiary/aromatic N) is 4. The molecular formula is C26H25FN6O3S. The summed E-state index contributed by atoms with van der Waals surface area (Å²) in [6.45, 7) is 2.42. The van der Waals surface area contributed by atoms with Gasteiger partial charge in [0.15, 0.2) is 16.7 Å². The summed E-state index contributed by atoms with van der Waals surface area (Å²) < 4.78 is 20.5. The third-order valence-corrected chi connectivity index (χ3v) is 6.53. The predicted molar refractivity (Wildman–Crippen MR) is 143 cm³/mol. The number of benzene rings is 2. The molecule has 0 radical (unpaired) electrons. The molecule has 3 aromatic rings. The number of hydrogen-bond acceptors (Lipinski definition) is 5. The normalized spacial score (nSPS) is 15.2. The van der Waals surface area contributed by atoms with Crippen molar-refractivity contribution < 1.29 is 18.7 Å². The van der Waals surface area contributed by atoms with Crippen LogP contribution in [0.3, 0.4) is 0 Å². The second-order valence-corrected chi connectivity index (χ2v) is 8.97. The van der Waals surface area contributed by atoms with Gasteiger partial charge in [0, 0.05) is 55.9 Å². The number of halogens is 1. The van der Waals surface area contributed by atoms with E-state index in [1.165, 1.54) is 29.3 Å². The molecule has 3 heterocycles. The average molecular weight is 521 g/mol. The molecule has 2 N–H and O–H groups in total. The van der Waals surface area contributed by atoms with Gasteiger partial charge in [0.1, 0.15) is 11.6 Å². The van der Waals surface area contributed by atoms with Crippen molar-refractivity contribution in [2.45, 2.75) is 12.8 Å². The first-order valence-corrected chi connectivity index (χ1v) is 12.3. The van der Waals surface area contributed by atoms with Crippen LogP contribution in [0.5, 0.6) is 11.5 Å². The molecule has 0 bridgehead atoms. The standard InChI is InChI=1S/C26H25FN6O3S/c27-21-16-18(29-25(35)33-15-14-32(26(33)37)19-6-2-1-3-7-19)8-9-22(21)36-20-10-11-28-23(17-20)30-24(34)31-12-4-5-13-31/h1-3,6-11,16-17H,4-5,12-15H2,(H,29,35)(H,28,30,34). The topological polar surface area (TPSA) is 90.0 Å². The number of likely N-dealkylation sites (tertiary alicyclic amines) is 1. The van der Waals surface area contributed by atoms with Crippen LogP contribution in [0.25, 0.3) is 0 Å². The van der Waals surface area contributed by atoms with Crippen LogP contribution in [0, 0.1) is 5.82 Å². The molecule has 5 rings (SSSR count). The summed E-state index contributed by atoms with van der Waals surface area (Å²) in [6, 6.07) is 16.1. The molecule has 2 aromatic carbocycles. The number of para-hydroxylation sites is 1. The zero-order valence-electron chi connectivity index (χ0n) is 19.9. The molecule has 0 unspecified atom stereocenters. The van der Waals surface area contributed by atoms with Crippen LogP contribution in [0.15, 0.2) is 66.9 Å². The van der Waals surface area contributed by atoms with Crippen molar-refractivity contribution in [1.29, 1.82) is 0 Å². The predicted octanol–water partition coefficient (Wildman–Crippen LogP) is 5.28. The van der Waals surface area contributed by atoms with Gasteiger partial charge >= 0.3 is 12.1 Å². The van der Waals surface area contributed by atoms with E-state index in [1.54, 1.807) is 17.0 Å². The molecule has 190 valence electrons.